The molecule has 31 heavy (non-hydrogen) atoms. The van der Waals surface area contributed by atoms with Gasteiger partial charge in [0.25, 0.3) is 0 Å². The van der Waals surface area contributed by atoms with Gasteiger partial charge >= 0.3 is 0 Å². The van der Waals surface area contributed by atoms with Gasteiger partial charge in [-0.25, -0.2) is 0 Å². The molecule has 2 aliphatic rings. The van der Waals surface area contributed by atoms with Crippen LogP contribution in [0.2, 0.25) is 0 Å². The van der Waals surface area contributed by atoms with E-state index in [1.807, 2.05) is 4.90 Å². The summed E-state index contributed by atoms with van der Waals surface area (Å²) in [7, 11) is 0. The maximum Gasteiger partial charge on any atom is 0.237 e. The van der Waals surface area contributed by atoms with E-state index in [2.05, 4.69) is 47.5 Å². The lowest BCUT2D eigenvalue weighted by Gasteiger charge is -2.28. The normalized spacial score (nSPS) is 19.2. The molecule has 2 heterocycles. The smallest absolute Gasteiger partial charge is 0.237 e. The zero-order chi connectivity index (χ0) is 21.8. The molecular formula is C25H29N3O3. The fraction of sp³-hybridized carbons (Fsp3) is 0.360. The number of aryl methyl sites for hydroxylation is 1. The van der Waals surface area contributed by atoms with E-state index in [4.69, 9.17) is 0 Å². The summed E-state index contributed by atoms with van der Waals surface area (Å²) < 4.78 is 0. The molecule has 2 aromatic carbocycles. The van der Waals surface area contributed by atoms with Crippen LogP contribution in [-0.2, 0) is 9.59 Å². The molecule has 1 unspecified atom stereocenters. The summed E-state index contributed by atoms with van der Waals surface area (Å²) in [6, 6.07) is 15.0. The van der Waals surface area contributed by atoms with Crippen LogP contribution >= 0.6 is 0 Å². The van der Waals surface area contributed by atoms with Gasteiger partial charge in [0.2, 0.25) is 11.8 Å². The highest BCUT2D eigenvalue weighted by Gasteiger charge is 2.30. The van der Waals surface area contributed by atoms with Crippen LogP contribution in [-0.4, -0.2) is 59.4 Å². The largest absolute Gasteiger partial charge is 0.508 e. The molecular weight excluding hydrogens is 390 g/mol. The minimum Gasteiger partial charge on any atom is -0.508 e. The standard InChI is InChI=1S/C25H29N3O3/c1-18-2-4-19(5-3-18)20-11-14-28(15-12-20)24(30)17-27-13-10-21(16-27)25(31)26-22-6-8-23(29)9-7-22/h2-9,11,21,29H,10,12-17H2,1H3,(H,26,31). The van der Waals surface area contributed by atoms with Gasteiger partial charge in [0, 0.05) is 25.3 Å². The molecule has 6 nitrogen and oxygen atoms in total. The Kier molecular flexibility index (Phi) is 6.37. The third-order valence-corrected chi connectivity index (χ3v) is 6.12. The summed E-state index contributed by atoms with van der Waals surface area (Å²) in [6.07, 6.45) is 3.77. The monoisotopic (exact) mass is 419 g/mol. The van der Waals surface area contributed by atoms with Crippen LogP contribution in [0, 0.1) is 12.8 Å². The third kappa shape index (κ3) is 5.33. The predicted molar refractivity (Wildman–Crippen MR) is 122 cm³/mol. The summed E-state index contributed by atoms with van der Waals surface area (Å²) in [5, 5.41) is 12.2. The van der Waals surface area contributed by atoms with Gasteiger partial charge in [-0.1, -0.05) is 35.9 Å². The van der Waals surface area contributed by atoms with Crippen LogP contribution in [0.25, 0.3) is 5.57 Å². The molecule has 2 aliphatic heterocycles. The molecule has 0 aromatic heterocycles. The van der Waals surface area contributed by atoms with Crippen LogP contribution in [0.3, 0.4) is 0 Å². The lowest BCUT2D eigenvalue weighted by atomic mass is 9.98. The van der Waals surface area contributed by atoms with Crippen molar-refractivity contribution in [1.29, 1.82) is 0 Å². The molecule has 0 saturated carbocycles. The second kappa shape index (κ2) is 9.35. The number of likely N-dealkylation sites (tertiary alicyclic amines) is 1. The van der Waals surface area contributed by atoms with Crippen LogP contribution in [0.15, 0.2) is 54.6 Å². The van der Waals surface area contributed by atoms with Crippen molar-refractivity contribution in [2.24, 2.45) is 5.92 Å². The molecule has 6 heteroatoms. The Morgan fingerprint density at radius 2 is 1.81 bits per heavy atom. The van der Waals surface area contributed by atoms with E-state index in [9.17, 15) is 14.7 Å². The van der Waals surface area contributed by atoms with Crippen molar-refractivity contribution in [3.63, 3.8) is 0 Å². The summed E-state index contributed by atoms with van der Waals surface area (Å²) >= 11 is 0. The Balaban J connectivity index is 1.25. The molecule has 1 saturated heterocycles. The van der Waals surface area contributed by atoms with E-state index in [0.717, 1.165) is 25.9 Å². The molecule has 2 aromatic rings. The number of nitrogens with zero attached hydrogens (tertiary/aromatic N) is 2. The average Bonchev–Trinajstić information content (AvgIpc) is 3.25. The number of phenolic OH excluding ortho intramolecular Hbond substituents is 1. The third-order valence-electron chi connectivity index (χ3n) is 6.12. The number of amides is 2. The summed E-state index contributed by atoms with van der Waals surface area (Å²) in [5.74, 6) is 0.126. The van der Waals surface area contributed by atoms with Gasteiger partial charge in [-0.3, -0.25) is 14.5 Å². The van der Waals surface area contributed by atoms with Crippen molar-refractivity contribution in [3.8, 4) is 5.75 Å². The number of carbonyl (C=O) groups excluding carboxylic acids is 2. The van der Waals surface area contributed by atoms with Gasteiger partial charge in [0.15, 0.2) is 0 Å². The van der Waals surface area contributed by atoms with Crippen molar-refractivity contribution in [2.75, 3.05) is 38.0 Å². The number of anilines is 1. The van der Waals surface area contributed by atoms with Crippen molar-refractivity contribution < 1.29 is 14.7 Å². The van der Waals surface area contributed by atoms with Crippen LogP contribution in [0.1, 0.15) is 24.0 Å². The molecule has 2 N–H and O–H groups in total. The maximum absolute atomic E-state index is 12.8. The van der Waals surface area contributed by atoms with E-state index in [1.54, 1.807) is 24.3 Å². The Bertz CT molecular complexity index is 967. The van der Waals surface area contributed by atoms with Crippen molar-refractivity contribution >= 4 is 23.1 Å². The van der Waals surface area contributed by atoms with Gasteiger partial charge in [-0.05, 0) is 61.7 Å². The minimum atomic E-state index is -0.129. The minimum absolute atomic E-state index is 0.0377. The van der Waals surface area contributed by atoms with Gasteiger partial charge < -0.3 is 15.3 Å². The first-order valence-corrected chi connectivity index (χ1v) is 10.8. The number of carbonyl (C=O) groups is 2. The van der Waals surface area contributed by atoms with E-state index >= 15 is 0 Å². The van der Waals surface area contributed by atoms with Gasteiger partial charge in [0.1, 0.15) is 5.75 Å². The first kappa shape index (κ1) is 21.1. The zero-order valence-corrected chi connectivity index (χ0v) is 17.9. The van der Waals surface area contributed by atoms with E-state index in [0.29, 0.717) is 25.3 Å². The lowest BCUT2D eigenvalue weighted by Crippen LogP contribution is -2.41. The molecule has 2 amide bonds. The molecule has 1 fully saturated rings. The molecule has 0 bridgehead atoms. The highest BCUT2D eigenvalue weighted by Crippen LogP contribution is 2.24. The second-order valence-electron chi connectivity index (χ2n) is 8.44. The highest BCUT2D eigenvalue weighted by atomic mass is 16.3. The second-order valence-corrected chi connectivity index (χ2v) is 8.44. The summed E-state index contributed by atoms with van der Waals surface area (Å²) in [5.41, 5.74) is 4.45. The fourth-order valence-electron chi connectivity index (χ4n) is 4.20. The molecule has 0 spiro atoms. The van der Waals surface area contributed by atoms with Crippen LogP contribution in [0.4, 0.5) is 5.69 Å². The predicted octanol–water partition coefficient (Wildman–Crippen LogP) is 3.28. The van der Waals surface area contributed by atoms with E-state index < -0.39 is 0 Å². The number of hydrogen-bond acceptors (Lipinski definition) is 4. The zero-order valence-electron chi connectivity index (χ0n) is 17.9. The fourth-order valence-corrected chi connectivity index (χ4v) is 4.20. The van der Waals surface area contributed by atoms with Gasteiger partial charge in [-0.2, -0.15) is 0 Å². The molecule has 162 valence electrons. The van der Waals surface area contributed by atoms with E-state index in [-0.39, 0.29) is 23.5 Å². The molecule has 1 atom stereocenters. The van der Waals surface area contributed by atoms with E-state index in [1.165, 1.54) is 16.7 Å². The number of hydrogen-bond donors (Lipinski definition) is 2. The number of rotatable bonds is 5. The van der Waals surface area contributed by atoms with Crippen LogP contribution in [0.5, 0.6) is 5.75 Å². The molecule has 0 aliphatic carbocycles. The number of benzene rings is 2. The Morgan fingerprint density at radius 3 is 2.48 bits per heavy atom. The number of nitrogens with one attached hydrogen (secondary N) is 1. The first-order valence-electron chi connectivity index (χ1n) is 10.8. The van der Waals surface area contributed by atoms with Crippen molar-refractivity contribution in [2.45, 2.75) is 19.8 Å². The Labute approximate surface area is 183 Å². The maximum atomic E-state index is 12.8. The Morgan fingerprint density at radius 1 is 1.06 bits per heavy atom. The van der Waals surface area contributed by atoms with Crippen LogP contribution < -0.4 is 5.32 Å². The Hall–Kier alpha value is -3.12. The quantitative estimate of drug-likeness (QED) is 0.730. The van der Waals surface area contributed by atoms with Gasteiger partial charge in [-0.15, -0.1) is 0 Å². The molecule has 4 rings (SSSR count). The highest BCUT2D eigenvalue weighted by molar-refractivity contribution is 5.93. The SMILES string of the molecule is Cc1ccc(C2=CCN(C(=O)CN3CCC(C(=O)Nc4ccc(O)cc4)C3)CC2)cc1. The lowest BCUT2D eigenvalue weighted by molar-refractivity contribution is -0.132. The number of aromatic hydroxyl groups is 1. The summed E-state index contributed by atoms with van der Waals surface area (Å²) in [4.78, 5) is 29.3. The first-order chi connectivity index (χ1) is 15.0. The molecule has 0 radical (unpaired) electrons. The number of phenols is 1. The average molecular weight is 420 g/mol. The van der Waals surface area contributed by atoms with Crippen molar-refractivity contribution in [1.82, 2.24) is 9.80 Å². The van der Waals surface area contributed by atoms with Gasteiger partial charge in [0.05, 0.1) is 12.5 Å². The summed E-state index contributed by atoms with van der Waals surface area (Å²) in [6.45, 7) is 5.15. The topological polar surface area (TPSA) is 72.9 Å². The van der Waals surface area contributed by atoms with Crippen molar-refractivity contribution in [3.05, 3.63) is 65.7 Å².